The zero-order valence-electron chi connectivity index (χ0n) is 15.0. The first-order chi connectivity index (χ1) is 12.3. The van der Waals surface area contributed by atoms with E-state index < -0.39 is 38.1 Å². The quantitative estimate of drug-likeness (QED) is 0.773. The van der Waals surface area contributed by atoms with Crippen molar-refractivity contribution in [3.63, 3.8) is 0 Å². The SMILES string of the molecule is CS(=O)(=O)c1cc(F)c(N[C@H]2CCCN(C3CCNCC3)C2=O)c(F)c1.Cl. The Morgan fingerprint density at radius 1 is 1.15 bits per heavy atom. The number of hydrogen-bond acceptors (Lipinski definition) is 5. The van der Waals surface area contributed by atoms with Gasteiger partial charge in [-0.3, -0.25) is 4.79 Å². The number of nitrogens with zero attached hydrogens (tertiary/aromatic N) is 1. The minimum Gasteiger partial charge on any atom is -0.369 e. The number of nitrogens with one attached hydrogen (secondary N) is 2. The Morgan fingerprint density at radius 2 is 1.74 bits per heavy atom. The number of halogens is 3. The van der Waals surface area contributed by atoms with Gasteiger partial charge >= 0.3 is 0 Å². The largest absolute Gasteiger partial charge is 0.369 e. The van der Waals surface area contributed by atoms with Gasteiger partial charge in [0, 0.05) is 18.8 Å². The van der Waals surface area contributed by atoms with Gasteiger partial charge < -0.3 is 15.5 Å². The van der Waals surface area contributed by atoms with E-state index in [-0.39, 0.29) is 24.4 Å². The van der Waals surface area contributed by atoms with Gasteiger partial charge in [-0.2, -0.15) is 0 Å². The van der Waals surface area contributed by atoms with Crippen LogP contribution in [0.5, 0.6) is 0 Å². The molecule has 10 heteroatoms. The smallest absolute Gasteiger partial charge is 0.245 e. The minimum atomic E-state index is -3.72. The summed E-state index contributed by atoms with van der Waals surface area (Å²) in [6.07, 6.45) is 3.84. The highest BCUT2D eigenvalue weighted by atomic mass is 35.5. The molecule has 1 amide bonds. The fourth-order valence-corrected chi connectivity index (χ4v) is 4.23. The number of rotatable bonds is 4. The molecular formula is C17H24ClF2N3O3S. The van der Waals surface area contributed by atoms with Crippen molar-refractivity contribution in [2.75, 3.05) is 31.2 Å². The zero-order valence-corrected chi connectivity index (χ0v) is 16.6. The lowest BCUT2D eigenvalue weighted by Crippen LogP contribution is -2.54. The van der Waals surface area contributed by atoms with Crippen LogP contribution in [0.2, 0.25) is 0 Å². The number of sulfone groups is 1. The summed E-state index contributed by atoms with van der Waals surface area (Å²) in [7, 11) is -3.72. The van der Waals surface area contributed by atoms with E-state index in [9.17, 15) is 22.0 Å². The predicted molar refractivity (Wildman–Crippen MR) is 101 cm³/mol. The summed E-state index contributed by atoms with van der Waals surface area (Å²) in [5.74, 6) is -2.19. The lowest BCUT2D eigenvalue weighted by Gasteiger charge is -2.40. The maximum absolute atomic E-state index is 14.3. The van der Waals surface area contributed by atoms with Crippen LogP contribution in [0.1, 0.15) is 25.7 Å². The Morgan fingerprint density at radius 3 is 2.30 bits per heavy atom. The Hall–Kier alpha value is -1.45. The van der Waals surface area contributed by atoms with Crippen LogP contribution in [-0.2, 0) is 14.6 Å². The number of piperidine rings is 2. The molecule has 1 aromatic rings. The third-order valence-corrected chi connectivity index (χ3v) is 6.08. The summed E-state index contributed by atoms with van der Waals surface area (Å²) in [5, 5.41) is 5.91. The van der Waals surface area contributed by atoms with Crippen molar-refractivity contribution < 1.29 is 22.0 Å². The molecule has 6 nitrogen and oxygen atoms in total. The van der Waals surface area contributed by atoms with E-state index >= 15 is 0 Å². The highest BCUT2D eigenvalue weighted by Gasteiger charge is 2.34. The molecule has 0 unspecified atom stereocenters. The number of anilines is 1. The molecule has 0 aromatic heterocycles. The number of benzene rings is 1. The van der Waals surface area contributed by atoms with Gasteiger partial charge in [0.15, 0.2) is 21.5 Å². The third-order valence-electron chi connectivity index (χ3n) is 4.98. The van der Waals surface area contributed by atoms with Gasteiger partial charge in [0.05, 0.1) is 4.90 Å². The highest BCUT2D eigenvalue weighted by Crippen LogP contribution is 2.27. The first-order valence-corrected chi connectivity index (χ1v) is 10.6. The molecule has 2 aliphatic rings. The molecule has 2 N–H and O–H groups in total. The molecule has 0 bridgehead atoms. The standard InChI is InChI=1S/C17H23F2N3O3S.ClH/c1-26(24,25)12-9-13(18)16(14(19)10-12)21-15-3-2-8-22(17(15)23)11-4-6-20-7-5-11;/h9-11,15,20-21H,2-8H2,1H3;1H/t15-;/m0./s1. The summed E-state index contributed by atoms with van der Waals surface area (Å²) in [6, 6.07) is 0.986. The molecule has 27 heavy (non-hydrogen) atoms. The van der Waals surface area contributed by atoms with Crippen LogP contribution in [0.3, 0.4) is 0 Å². The molecular weight excluding hydrogens is 400 g/mol. The summed E-state index contributed by atoms with van der Waals surface area (Å²) in [5.41, 5.74) is -0.456. The number of likely N-dealkylation sites (tertiary alicyclic amines) is 1. The minimum absolute atomic E-state index is 0. The first-order valence-electron chi connectivity index (χ1n) is 8.74. The van der Waals surface area contributed by atoms with E-state index in [1.165, 1.54) is 0 Å². The van der Waals surface area contributed by atoms with Crippen LogP contribution in [0.4, 0.5) is 14.5 Å². The molecule has 2 fully saturated rings. The first kappa shape index (κ1) is 21.8. The van der Waals surface area contributed by atoms with Crippen LogP contribution < -0.4 is 10.6 Å². The molecule has 2 saturated heterocycles. The van der Waals surface area contributed by atoms with E-state index in [1.807, 2.05) is 4.90 Å². The summed E-state index contributed by atoms with van der Waals surface area (Å²) in [6.45, 7) is 2.35. The Bertz CT molecular complexity index is 778. The van der Waals surface area contributed by atoms with E-state index in [4.69, 9.17) is 0 Å². The maximum atomic E-state index is 14.3. The second-order valence-corrected chi connectivity index (χ2v) is 8.90. The van der Waals surface area contributed by atoms with E-state index in [0.29, 0.717) is 13.0 Å². The van der Waals surface area contributed by atoms with Gasteiger partial charge in [-0.25, -0.2) is 17.2 Å². The second-order valence-electron chi connectivity index (χ2n) is 6.89. The summed E-state index contributed by atoms with van der Waals surface area (Å²) >= 11 is 0. The monoisotopic (exact) mass is 423 g/mol. The van der Waals surface area contributed by atoms with Crippen LogP contribution in [0, 0.1) is 11.6 Å². The van der Waals surface area contributed by atoms with Crippen LogP contribution >= 0.6 is 12.4 Å². The Labute approximate surface area is 164 Å². The lowest BCUT2D eigenvalue weighted by molar-refractivity contribution is -0.137. The van der Waals surface area contributed by atoms with Crippen LogP contribution in [-0.4, -0.2) is 57.2 Å². The fourth-order valence-electron chi connectivity index (χ4n) is 3.59. The average molecular weight is 424 g/mol. The molecule has 0 spiro atoms. The molecule has 0 aliphatic carbocycles. The molecule has 0 saturated carbocycles. The molecule has 2 heterocycles. The van der Waals surface area contributed by atoms with Crippen molar-refractivity contribution >= 4 is 33.8 Å². The Kier molecular flexibility index (Phi) is 7.04. The van der Waals surface area contributed by atoms with E-state index in [0.717, 1.165) is 50.7 Å². The average Bonchev–Trinajstić information content (AvgIpc) is 2.59. The maximum Gasteiger partial charge on any atom is 0.245 e. The molecule has 0 radical (unpaired) electrons. The molecule has 152 valence electrons. The topological polar surface area (TPSA) is 78.5 Å². The fraction of sp³-hybridized carbons (Fsp3) is 0.588. The Balaban J connectivity index is 0.00000261. The van der Waals surface area contributed by atoms with E-state index in [1.54, 1.807) is 0 Å². The van der Waals surface area contributed by atoms with Crippen molar-refractivity contribution in [3.05, 3.63) is 23.8 Å². The third kappa shape index (κ3) is 4.89. The van der Waals surface area contributed by atoms with Gasteiger partial charge in [0.1, 0.15) is 11.7 Å². The van der Waals surface area contributed by atoms with Gasteiger partial charge in [0.25, 0.3) is 0 Å². The van der Waals surface area contributed by atoms with Crippen molar-refractivity contribution in [3.8, 4) is 0 Å². The number of amides is 1. The van der Waals surface area contributed by atoms with Crippen molar-refractivity contribution in [2.45, 2.75) is 42.7 Å². The lowest BCUT2D eigenvalue weighted by atomic mass is 9.98. The van der Waals surface area contributed by atoms with E-state index in [2.05, 4.69) is 10.6 Å². The molecule has 2 aliphatic heterocycles. The van der Waals surface area contributed by atoms with Gasteiger partial charge in [-0.05, 0) is 50.9 Å². The highest BCUT2D eigenvalue weighted by molar-refractivity contribution is 7.90. The zero-order chi connectivity index (χ0) is 18.9. The number of carbonyl (C=O) groups excluding carboxylic acids is 1. The molecule has 1 atom stereocenters. The van der Waals surface area contributed by atoms with Crippen molar-refractivity contribution in [2.24, 2.45) is 0 Å². The normalized spacial score (nSPS) is 21.7. The van der Waals surface area contributed by atoms with Crippen molar-refractivity contribution in [1.29, 1.82) is 0 Å². The number of hydrogen-bond donors (Lipinski definition) is 2. The van der Waals surface area contributed by atoms with Gasteiger partial charge in [-0.15, -0.1) is 12.4 Å². The summed E-state index contributed by atoms with van der Waals surface area (Å²) in [4.78, 5) is 14.2. The number of carbonyl (C=O) groups is 1. The van der Waals surface area contributed by atoms with Crippen LogP contribution in [0.15, 0.2) is 17.0 Å². The molecule has 3 rings (SSSR count). The van der Waals surface area contributed by atoms with Gasteiger partial charge in [0.2, 0.25) is 5.91 Å². The molecule has 1 aromatic carbocycles. The predicted octanol–water partition coefficient (Wildman–Crippen LogP) is 1.94. The van der Waals surface area contributed by atoms with Crippen molar-refractivity contribution in [1.82, 2.24) is 10.2 Å². The summed E-state index contributed by atoms with van der Waals surface area (Å²) < 4.78 is 51.5. The van der Waals surface area contributed by atoms with Gasteiger partial charge in [-0.1, -0.05) is 0 Å². The van der Waals surface area contributed by atoms with Crippen LogP contribution in [0.25, 0.3) is 0 Å². The second kappa shape index (κ2) is 8.70.